The summed E-state index contributed by atoms with van der Waals surface area (Å²) in [6, 6.07) is -1.74. The topological polar surface area (TPSA) is 171 Å². The lowest BCUT2D eigenvalue weighted by Crippen LogP contribution is -2.47. The van der Waals surface area contributed by atoms with Crippen molar-refractivity contribution in [2.24, 2.45) is 23.7 Å². The zero-order valence-electron chi connectivity index (χ0n) is 55.7. The number of esters is 6. The molecular weight excluding hydrogens is 1100 g/mol. The minimum absolute atomic E-state index is 0.00541. The fourth-order valence-corrected chi connectivity index (χ4v) is 11.9. The zero-order chi connectivity index (χ0) is 62.6. The second-order valence-electron chi connectivity index (χ2n) is 24.9. The van der Waals surface area contributed by atoms with Gasteiger partial charge in [-0.25, -0.2) is 0 Å². The molecule has 0 aliphatic carbocycles. The van der Waals surface area contributed by atoms with Crippen LogP contribution in [0.3, 0.4) is 0 Å². The molecule has 0 aliphatic heterocycles. The molecule has 0 fully saturated rings. The molecule has 0 aliphatic rings. The van der Waals surface area contributed by atoms with Gasteiger partial charge >= 0.3 is 35.8 Å². The molecule has 2 unspecified atom stereocenters. The molecule has 0 amide bonds. The minimum Gasteiger partial charge on any atom is -0.466 e. The summed E-state index contributed by atoms with van der Waals surface area (Å²) < 4.78 is 34.7. The van der Waals surface area contributed by atoms with Crippen LogP contribution in [0.4, 0.5) is 0 Å². The monoisotopic (exact) mass is 1230 g/mol. The van der Waals surface area contributed by atoms with Crippen molar-refractivity contribution >= 4 is 57.4 Å². The summed E-state index contributed by atoms with van der Waals surface area (Å²) in [7, 11) is 10.3. The molecule has 4 atom stereocenters. The van der Waals surface area contributed by atoms with Crippen LogP contribution in [0, 0.1) is 23.7 Å². The van der Waals surface area contributed by atoms with E-state index in [1.807, 2.05) is 47.8 Å². The summed E-state index contributed by atoms with van der Waals surface area (Å²) in [6.07, 6.45) is 26.6. The van der Waals surface area contributed by atoms with Gasteiger partial charge in [0.1, 0.15) is 25.3 Å². The van der Waals surface area contributed by atoms with Gasteiger partial charge in [-0.15, -0.1) is 0 Å². The number of likely N-dealkylation sites (N-methyl/N-ethyl adjacent to an activating group) is 2. The van der Waals surface area contributed by atoms with Crippen LogP contribution in [0.25, 0.3) is 0 Å². The van der Waals surface area contributed by atoms with Gasteiger partial charge in [0, 0.05) is 50.8 Å². The standard InChI is InChI=1S/C66H126N4O12S2/c1-13-15-17-21-29-35-57(7)51-81-63(73)39-43-69(41-37-61(71)77-47-31-25-19-23-27-33-55(3)4)59(65(75)79-49-45-67(9)10)53-83-84-54-60(66(76)80-50-46-68(11)12)70(42-38-62(72)78-48-32-26-20-24-28-34-56(5)6)44-40-64(74)82-52-58(8)36-30-22-18-16-14-2/h55-60H,13-54H2,1-12H3/t57?,58?,59-,60-/m0/s1. The highest BCUT2D eigenvalue weighted by Gasteiger charge is 2.32. The van der Waals surface area contributed by atoms with Gasteiger partial charge in [0.15, 0.2) is 0 Å². The maximum atomic E-state index is 14.3. The Hall–Kier alpha value is -2.64. The van der Waals surface area contributed by atoms with Crippen molar-refractivity contribution in [3.8, 4) is 0 Å². The van der Waals surface area contributed by atoms with Crippen LogP contribution in [0.1, 0.15) is 235 Å². The van der Waals surface area contributed by atoms with E-state index in [0.29, 0.717) is 51.4 Å². The fourth-order valence-electron chi connectivity index (χ4n) is 9.37. The van der Waals surface area contributed by atoms with Crippen molar-refractivity contribution in [2.45, 2.75) is 247 Å². The first-order valence-electron chi connectivity index (χ1n) is 33.3. The maximum absolute atomic E-state index is 14.3. The molecule has 0 aromatic carbocycles. The molecule has 0 aromatic rings. The number of carbonyl (C=O) groups is 6. The quantitative estimate of drug-likeness (QED) is 0.0243. The third kappa shape index (κ3) is 50.4. The van der Waals surface area contributed by atoms with Crippen molar-refractivity contribution in [3.05, 3.63) is 0 Å². The Kier molecular flexibility index (Phi) is 53.9. The highest BCUT2D eigenvalue weighted by atomic mass is 33.1. The Labute approximate surface area is 521 Å². The van der Waals surface area contributed by atoms with E-state index in [4.69, 9.17) is 28.4 Å². The Morgan fingerprint density at radius 2 is 0.643 bits per heavy atom. The molecule has 0 spiro atoms. The van der Waals surface area contributed by atoms with Crippen molar-refractivity contribution in [3.63, 3.8) is 0 Å². The molecule has 0 heterocycles. The van der Waals surface area contributed by atoms with E-state index in [1.54, 1.807) is 0 Å². The van der Waals surface area contributed by atoms with E-state index in [2.05, 4.69) is 55.4 Å². The van der Waals surface area contributed by atoms with E-state index in [9.17, 15) is 28.8 Å². The first-order chi connectivity index (χ1) is 40.3. The van der Waals surface area contributed by atoms with Gasteiger partial charge in [-0.2, -0.15) is 0 Å². The molecular formula is C66H126N4O12S2. The van der Waals surface area contributed by atoms with Gasteiger partial charge in [-0.1, -0.05) is 205 Å². The highest BCUT2D eigenvalue weighted by Crippen LogP contribution is 2.28. The maximum Gasteiger partial charge on any atom is 0.324 e. The van der Waals surface area contributed by atoms with Crippen LogP contribution in [-0.4, -0.2) is 186 Å². The van der Waals surface area contributed by atoms with Gasteiger partial charge < -0.3 is 38.2 Å². The first kappa shape index (κ1) is 81.4. The zero-order valence-corrected chi connectivity index (χ0v) is 57.3. The average molecular weight is 1230 g/mol. The third-order valence-corrected chi connectivity index (χ3v) is 17.4. The van der Waals surface area contributed by atoms with Crippen LogP contribution in [0.5, 0.6) is 0 Å². The predicted octanol–water partition coefficient (Wildman–Crippen LogP) is 13.6. The van der Waals surface area contributed by atoms with Crippen molar-refractivity contribution in [2.75, 3.05) is 119 Å². The second kappa shape index (κ2) is 55.7. The molecule has 0 saturated carbocycles. The summed E-state index contributed by atoms with van der Waals surface area (Å²) >= 11 is 0. The largest absolute Gasteiger partial charge is 0.466 e. The number of ether oxygens (including phenoxy) is 6. The van der Waals surface area contributed by atoms with Crippen molar-refractivity contribution in [1.29, 1.82) is 0 Å². The molecule has 84 heavy (non-hydrogen) atoms. The molecule has 0 N–H and O–H groups in total. The fraction of sp³-hybridized carbons (Fsp3) is 0.909. The molecule has 0 saturated heterocycles. The lowest BCUT2D eigenvalue weighted by Gasteiger charge is -2.31. The Balaban J connectivity index is 6.61. The second-order valence-corrected chi connectivity index (χ2v) is 27.5. The van der Waals surface area contributed by atoms with Crippen LogP contribution in [-0.2, 0) is 57.2 Å². The molecule has 0 radical (unpaired) electrons. The Morgan fingerprint density at radius 3 is 0.964 bits per heavy atom. The van der Waals surface area contributed by atoms with Crippen LogP contribution < -0.4 is 0 Å². The first-order valence-corrected chi connectivity index (χ1v) is 35.8. The Bertz CT molecular complexity index is 1530. The van der Waals surface area contributed by atoms with Gasteiger partial charge in [-0.05, 0) is 77.5 Å². The molecule has 0 bridgehead atoms. The van der Waals surface area contributed by atoms with Crippen molar-refractivity contribution < 1.29 is 57.2 Å². The van der Waals surface area contributed by atoms with Crippen LogP contribution in [0.15, 0.2) is 0 Å². The number of carbonyl (C=O) groups excluding carboxylic acids is 6. The summed E-state index contributed by atoms with van der Waals surface area (Å²) in [5.41, 5.74) is 0. The number of hydrogen-bond acceptors (Lipinski definition) is 18. The van der Waals surface area contributed by atoms with Gasteiger partial charge in [0.05, 0.1) is 52.1 Å². The number of unbranched alkanes of at least 4 members (excludes halogenated alkanes) is 16. The van der Waals surface area contributed by atoms with Crippen LogP contribution >= 0.6 is 21.6 Å². The average Bonchev–Trinajstić information content (AvgIpc) is 3.61. The van der Waals surface area contributed by atoms with Gasteiger partial charge in [0.25, 0.3) is 0 Å². The molecule has 0 rings (SSSR count). The molecule has 494 valence electrons. The van der Waals surface area contributed by atoms with Gasteiger partial charge in [-0.3, -0.25) is 38.6 Å². The normalized spacial score (nSPS) is 13.2. The lowest BCUT2D eigenvalue weighted by atomic mass is 10.0. The van der Waals surface area contributed by atoms with E-state index in [1.165, 1.54) is 85.8 Å². The summed E-state index contributed by atoms with van der Waals surface area (Å²) in [4.78, 5) is 89.4. The molecule has 0 aromatic heterocycles. The molecule has 18 heteroatoms. The summed E-state index contributed by atoms with van der Waals surface area (Å²) in [6.45, 7) is 20.7. The minimum atomic E-state index is -0.872. The van der Waals surface area contributed by atoms with E-state index in [-0.39, 0.29) is 112 Å². The Morgan fingerprint density at radius 1 is 0.345 bits per heavy atom. The molecule has 16 nitrogen and oxygen atoms in total. The lowest BCUT2D eigenvalue weighted by molar-refractivity contribution is -0.152. The number of nitrogens with zero attached hydrogens (tertiary/aromatic N) is 4. The van der Waals surface area contributed by atoms with E-state index >= 15 is 0 Å². The SMILES string of the molecule is CCCCCCCC(C)COC(=O)CCN(CCC(=O)OCCCCCCCC(C)C)[C@@H](CSSC[C@@H](C(=O)OCCN(C)C)N(CCC(=O)OCCCCCCCC(C)C)CCC(=O)OCC(C)CCCCCCC)C(=O)OCCN(C)C. The predicted molar refractivity (Wildman–Crippen MR) is 347 cm³/mol. The third-order valence-electron chi connectivity index (χ3n) is 15.0. The van der Waals surface area contributed by atoms with Crippen molar-refractivity contribution in [1.82, 2.24) is 19.6 Å². The summed E-state index contributed by atoms with van der Waals surface area (Å²) in [5, 5.41) is 0. The summed E-state index contributed by atoms with van der Waals surface area (Å²) in [5.74, 6) is -0.283. The number of rotatable bonds is 59. The van der Waals surface area contributed by atoms with E-state index < -0.39 is 24.0 Å². The van der Waals surface area contributed by atoms with Gasteiger partial charge in [0.2, 0.25) is 0 Å². The smallest absolute Gasteiger partial charge is 0.324 e. The number of hydrogen-bond donors (Lipinski definition) is 0. The van der Waals surface area contributed by atoms with Crippen LogP contribution in [0.2, 0.25) is 0 Å². The van der Waals surface area contributed by atoms with E-state index in [0.717, 1.165) is 89.9 Å². The highest BCUT2D eigenvalue weighted by molar-refractivity contribution is 8.76.